The van der Waals surface area contributed by atoms with Crippen molar-refractivity contribution in [1.29, 1.82) is 0 Å². The molecule has 2 N–H and O–H groups in total. The third-order valence-corrected chi connectivity index (χ3v) is 3.20. The van der Waals surface area contributed by atoms with E-state index in [2.05, 4.69) is 19.9 Å². The SMILES string of the molecule is O=c1[nH]ccc2c1ncn2C1CCNCC1. The fraction of sp³-hybridized carbons (Fsp3) is 0.455. The van der Waals surface area contributed by atoms with E-state index in [0.29, 0.717) is 11.6 Å². The Kier molecular flexibility index (Phi) is 2.25. The molecule has 0 amide bonds. The summed E-state index contributed by atoms with van der Waals surface area (Å²) in [6, 6.07) is 2.39. The highest BCUT2D eigenvalue weighted by atomic mass is 16.1. The molecule has 1 saturated heterocycles. The van der Waals surface area contributed by atoms with Gasteiger partial charge in [-0.2, -0.15) is 0 Å². The van der Waals surface area contributed by atoms with Crippen LogP contribution in [0, 0.1) is 0 Å². The van der Waals surface area contributed by atoms with Gasteiger partial charge < -0.3 is 14.9 Å². The van der Waals surface area contributed by atoms with Crippen LogP contribution in [0.5, 0.6) is 0 Å². The van der Waals surface area contributed by atoms with Gasteiger partial charge in [0.15, 0.2) is 5.52 Å². The molecule has 84 valence electrons. The molecule has 0 spiro atoms. The number of aromatic nitrogens is 3. The summed E-state index contributed by atoms with van der Waals surface area (Å²) >= 11 is 0. The monoisotopic (exact) mass is 218 g/mol. The van der Waals surface area contributed by atoms with Crippen LogP contribution in [0.3, 0.4) is 0 Å². The van der Waals surface area contributed by atoms with Gasteiger partial charge in [0.2, 0.25) is 0 Å². The van der Waals surface area contributed by atoms with Crippen LogP contribution in [0.25, 0.3) is 11.0 Å². The summed E-state index contributed by atoms with van der Waals surface area (Å²) in [5.74, 6) is 0. The molecule has 0 unspecified atom stereocenters. The Morgan fingerprint density at radius 2 is 2.19 bits per heavy atom. The number of rotatable bonds is 1. The summed E-state index contributed by atoms with van der Waals surface area (Å²) in [5.41, 5.74) is 1.38. The van der Waals surface area contributed by atoms with Crippen molar-refractivity contribution in [3.8, 4) is 0 Å². The lowest BCUT2D eigenvalue weighted by Gasteiger charge is -2.24. The minimum absolute atomic E-state index is 0.106. The summed E-state index contributed by atoms with van der Waals surface area (Å²) in [5, 5.41) is 3.33. The van der Waals surface area contributed by atoms with Gasteiger partial charge in [-0.15, -0.1) is 0 Å². The first-order chi connectivity index (χ1) is 7.86. The van der Waals surface area contributed by atoms with Crippen molar-refractivity contribution in [2.45, 2.75) is 18.9 Å². The van der Waals surface area contributed by atoms with Crippen LogP contribution in [-0.4, -0.2) is 27.6 Å². The molecule has 0 atom stereocenters. The van der Waals surface area contributed by atoms with Gasteiger partial charge in [0.05, 0.1) is 11.8 Å². The van der Waals surface area contributed by atoms with Crippen LogP contribution in [0.1, 0.15) is 18.9 Å². The molecule has 2 aromatic heterocycles. The molecular formula is C11H14N4O. The highest BCUT2D eigenvalue weighted by molar-refractivity contribution is 5.73. The van der Waals surface area contributed by atoms with Gasteiger partial charge in [0.1, 0.15) is 0 Å². The average Bonchev–Trinajstić information content (AvgIpc) is 2.75. The van der Waals surface area contributed by atoms with E-state index in [1.807, 2.05) is 6.07 Å². The summed E-state index contributed by atoms with van der Waals surface area (Å²) in [6.07, 6.45) is 5.66. The number of nitrogens with zero attached hydrogens (tertiary/aromatic N) is 2. The van der Waals surface area contributed by atoms with Crippen molar-refractivity contribution in [3.63, 3.8) is 0 Å². The number of nitrogens with one attached hydrogen (secondary N) is 2. The summed E-state index contributed by atoms with van der Waals surface area (Å²) < 4.78 is 2.13. The predicted octanol–water partition coefficient (Wildman–Crippen LogP) is 0.649. The maximum absolute atomic E-state index is 11.5. The topological polar surface area (TPSA) is 62.7 Å². The van der Waals surface area contributed by atoms with Gasteiger partial charge in [0, 0.05) is 12.2 Å². The van der Waals surface area contributed by atoms with Crippen LogP contribution in [0.15, 0.2) is 23.4 Å². The minimum atomic E-state index is -0.106. The zero-order chi connectivity index (χ0) is 11.0. The molecule has 1 fully saturated rings. The second-order valence-corrected chi connectivity index (χ2v) is 4.17. The Morgan fingerprint density at radius 3 is 3.00 bits per heavy atom. The fourth-order valence-electron chi connectivity index (χ4n) is 2.35. The Morgan fingerprint density at radius 1 is 1.38 bits per heavy atom. The van der Waals surface area contributed by atoms with Gasteiger partial charge in [-0.05, 0) is 32.0 Å². The first kappa shape index (κ1) is 9.59. The molecule has 3 heterocycles. The molecule has 3 rings (SSSR count). The summed E-state index contributed by atoms with van der Waals surface area (Å²) in [4.78, 5) is 18.4. The Hall–Kier alpha value is -1.62. The Labute approximate surface area is 92.5 Å². The minimum Gasteiger partial charge on any atom is -0.327 e. The zero-order valence-electron chi connectivity index (χ0n) is 8.94. The molecule has 1 aliphatic rings. The molecule has 1 aliphatic heterocycles. The zero-order valence-corrected chi connectivity index (χ0v) is 8.94. The quantitative estimate of drug-likeness (QED) is 0.738. The van der Waals surface area contributed by atoms with Crippen LogP contribution < -0.4 is 10.9 Å². The molecule has 2 aromatic rings. The van der Waals surface area contributed by atoms with Crippen LogP contribution in [0.4, 0.5) is 0 Å². The number of fused-ring (bicyclic) bond motifs is 1. The third-order valence-electron chi connectivity index (χ3n) is 3.20. The molecule has 0 bridgehead atoms. The van der Waals surface area contributed by atoms with Crippen molar-refractivity contribution in [2.75, 3.05) is 13.1 Å². The number of hydrogen-bond donors (Lipinski definition) is 2. The van der Waals surface area contributed by atoms with Gasteiger partial charge in [-0.1, -0.05) is 0 Å². The lowest BCUT2D eigenvalue weighted by molar-refractivity contribution is 0.374. The van der Waals surface area contributed by atoms with E-state index in [1.54, 1.807) is 12.5 Å². The number of hydrogen-bond acceptors (Lipinski definition) is 3. The molecule has 0 aliphatic carbocycles. The molecule has 5 heteroatoms. The molecule has 0 radical (unpaired) electrons. The normalized spacial score (nSPS) is 18.0. The predicted molar refractivity (Wildman–Crippen MR) is 61.5 cm³/mol. The van der Waals surface area contributed by atoms with Crippen LogP contribution in [-0.2, 0) is 0 Å². The molecule has 0 saturated carbocycles. The summed E-state index contributed by atoms with van der Waals surface area (Å²) in [6.45, 7) is 2.07. The number of H-pyrrole nitrogens is 1. The van der Waals surface area contributed by atoms with Crippen molar-refractivity contribution in [3.05, 3.63) is 28.9 Å². The lowest BCUT2D eigenvalue weighted by atomic mass is 10.1. The van der Waals surface area contributed by atoms with Crippen LogP contribution in [0.2, 0.25) is 0 Å². The smallest absolute Gasteiger partial charge is 0.276 e. The van der Waals surface area contributed by atoms with Gasteiger partial charge in [0.25, 0.3) is 5.56 Å². The van der Waals surface area contributed by atoms with E-state index >= 15 is 0 Å². The van der Waals surface area contributed by atoms with E-state index < -0.39 is 0 Å². The van der Waals surface area contributed by atoms with Crippen molar-refractivity contribution in [1.82, 2.24) is 19.9 Å². The highest BCUT2D eigenvalue weighted by Gasteiger charge is 2.17. The van der Waals surface area contributed by atoms with Gasteiger partial charge in [-0.3, -0.25) is 4.79 Å². The van der Waals surface area contributed by atoms with E-state index in [9.17, 15) is 4.79 Å². The number of imidazole rings is 1. The number of piperidine rings is 1. The number of aromatic amines is 1. The molecule has 5 nitrogen and oxygen atoms in total. The fourth-order valence-corrected chi connectivity index (χ4v) is 2.35. The molecular weight excluding hydrogens is 204 g/mol. The Bertz CT molecular complexity index is 550. The van der Waals surface area contributed by atoms with E-state index in [0.717, 1.165) is 31.4 Å². The maximum atomic E-state index is 11.5. The standard InChI is InChI=1S/C11H14N4O/c16-11-10-9(3-6-13-11)15(7-14-10)8-1-4-12-5-2-8/h3,6-8,12H,1-2,4-5H2,(H,13,16). The molecule has 16 heavy (non-hydrogen) atoms. The second kappa shape index (κ2) is 3.75. The Balaban J connectivity index is 2.10. The summed E-state index contributed by atoms with van der Waals surface area (Å²) in [7, 11) is 0. The average molecular weight is 218 g/mol. The number of pyridine rings is 1. The van der Waals surface area contributed by atoms with Crippen molar-refractivity contribution >= 4 is 11.0 Å². The van der Waals surface area contributed by atoms with E-state index in [1.165, 1.54) is 0 Å². The van der Waals surface area contributed by atoms with Gasteiger partial charge >= 0.3 is 0 Å². The third kappa shape index (κ3) is 1.44. The largest absolute Gasteiger partial charge is 0.327 e. The van der Waals surface area contributed by atoms with Gasteiger partial charge in [-0.25, -0.2) is 4.98 Å². The molecule has 0 aromatic carbocycles. The van der Waals surface area contributed by atoms with Crippen molar-refractivity contribution < 1.29 is 0 Å². The second-order valence-electron chi connectivity index (χ2n) is 4.17. The van der Waals surface area contributed by atoms with Crippen molar-refractivity contribution in [2.24, 2.45) is 0 Å². The first-order valence-electron chi connectivity index (χ1n) is 5.61. The first-order valence-corrected chi connectivity index (χ1v) is 5.61. The van der Waals surface area contributed by atoms with E-state index in [-0.39, 0.29) is 5.56 Å². The highest BCUT2D eigenvalue weighted by Crippen LogP contribution is 2.22. The lowest BCUT2D eigenvalue weighted by Crippen LogP contribution is -2.29. The maximum Gasteiger partial charge on any atom is 0.276 e. The van der Waals surface area contributed by atoms with Crippen LogP contribution >= 0.6 is 0 Å². The van der Waals surface area contributed by atoms with E-state index in [4.69, 9.17) is 0 Å².